The van der Waals surface area contributed by atoms with Gasteiger partial charge in [0.05, 0.1) is 4.92 Å². The van der Waals surface area contributed by atoms with Crippen LogP contribution in [0, 0.1) is 17.0 Å². The molecule has 2 aromatic carbocycles. The third-order valence-corrected chi connectivity index (χ3v) is 6.15. The number of nitro benzene ring substituents is 1. The van der Waals surface area contributed by atoms with Crippen LogP contribution in [0.2, 0.25) is 0 Å². The normalized spacial score (nSPS) is 16.1. The summed E-state index contributed by atoms with van der Waals surface area (Å²) < 4.78 is 23.8. The lowest BCUT2D eigenvalue weighted by Gasteiger charge is -2.32. The molecule has 1 heterocycles. The van der Waals surface area contributed by atoms with E-state index in [1.807, 2.05) is 0 Å². The first-order chi connectivity index (χ1) is 13.2. The highest BCUT2D eigenvalue weighted by atomic mass is 32.2. The van der Waals surface area contributed by atoms with Crippen LogP contribution in [0.25, 0.3) is 0 Å². The summed E-state index contributed by atoms with van der Waals surface area (Å²) in [6.07, 6.45) is 2.67. The molecule has 7 nitrogen and oxygen atoms in total. The molecule has 1 aliphatic rings. The van der Waals surface area contributed by atoms with Gasteiger partial charge in [0.2, 0.25) is 0 Å². The fourth-order valence-electron chi connectivity index (χ4n) is 3.65. The molecule has 150 valence electrons. The van der Waals surface area contributed by atoms with Crippen molar-refractivity contribution in [2.24, 2.45) is 0 Å². The topological polar surface area (TPSA) is 92.6 Å². The molecule has 8 heteroatoms. The molecule has 1 fully saturated rings. The molecule has 0 amide bonds. The molecule has 1 aliphatic heterocycles. The van der Waals surface area contributed by atoms with Crippen molar-refractivity contribution in [3.8, 4) is 0 Å². The van der Waals surface area contributed by atoms with Crippen LogP contribution in [0.1, 0.15) is 24.0 Å². The van der Waals surface area contributed by atoms with Crippen molar-refractivity contribution in [3.05, 3.63) is 63.7 Å². The number of nitro groups is 1. The van der Waals surface area contributed by atoms with Crippen molar-refractivity contribution >= 4 is 21.2 Å². The SMILES string of the molecule is Cc1cccc(CN2CCC(Nc3cccc(S(C)(=O)=O)c3[N+](=O)[O-])CC2)c1. The minimum atomic E-state index is -3.68. The van der Waals surface area contributed by atoms with Crippen LogP contribution in [0.5, 0.6) is 0 Å². The van der Waals surface area contributed by atoms with Crippen LogP contribution in [-0.2, 0) is 16.4 Å². The van der Waals surface area contributed by atoms with E-state index in [0.717, 1.165) is 38.7 Å². The van der Waals surface area contributed by atoms with E-state index in [1.54, 1.807) is 12.1 Å². The molecule has 0 saturated carbocycles. The average molecular weight is 404 g/mol. The Morgan fingerprint density at radius 3 is 2.46 bits per heavy atom. The quantitative estimate of drug-likeness (QED) is 0.587. The Labute approximate surface area is 165 Å². The summed E-state index contributed by atoms with van der Waals surface area (Å²) in [4.78, 5) is 13.0. The smallest absolute Gasteiger partial charge is 0.310 e. The summed E-state index contributed by atoms with van der Waals surface area (Å²) in [5, 5.41) is 14.7. The van der Waals surface area contributed by atoms with Gasteiger partial charge in [-0.3, -0.25) is 15.0 Å². The number of nitrogens with one attached hydrogen (secondary N) is 1. The number of sulfone groups is 1. The van der Waals surface area contributed by atoms with E-state index in [1.165, 1.54) is 17.2 Å². The predicted octanol–water partition coefficient (Wildman–Crippen LogP) is 3.38. The average Bonchev–Trinajstić information content (AvgIpc) is 2.62. The van der Waals surface area contributed by atoms with E-state index in [2.05, 4.69) is 41.4 Å². The summed E-state index contributed by atoms with van der Waals surface area (Å²) >= 11 is 0. The van der Waals surface area contributed by atoms with Crippen molar-refractivity contribution in [1.82, 2.24) is 4.90 Å². The van der Waals surface area contributed by atoms with E-state index >= 15 is 0 Å². The first-order valence-corrected chi connectivity index (χ1v) is 11.1. The number of piperidine rings is 1. The Hall–Kier alpha value is -2.45. The number of aryl methyl sites for hydroxylation is 1. The Morgan fingerprint density at radius 2 is 1.86 bits per heavy atom. The number of likely N-dealkylation sites (tertiary alicyclic amines) is 1. The highest BCUT2D eigenvalue weighted by molar-refractivity contribution is 7.90. The molecule has 2 aromatic rings. The van der Waals surface area contributed by atoms with Gasteiger partial charge in [0.15, 0.2) is 9.84 Å². The fourth-order valence-corrected chi connectivity index (χ4v) is 4.51. The predicted molar refractivity (Wildman–Crippen MR) is 109 cm³/mol. The van der Waals surface area contributed by atoms with Crippen LogP contribution in [0.3, 0.4) is 0 Å². The van der Waals surface area contributed by atoms with Crippen molar-refractivity contribution in [3.63, 3.8) is 0 Å². The molecule has 1 saturated heterocycles. The van der Waals surface area contributed by atoms with E-state index < -0.39 is 14.8 Å². The second-order valence-corrected chi connectivity index (χ2v) is 9.35. The highest BCUT2D eigenvalue weighted by Gasteiger charge is 2.28. The lowest BCUT2D eigenvalue weighted by Crippen LogP contribution is -2.38. The fraction of sp³-hybridized carbons (Fsp3) is 0.400. The number of hydrogen-bond donors (Lipinski definition) is 1. The third-order valence-electron chi connectivity index (χ3n) is 5.02. The van der Waals surface area contributed by atoms with Gasteiger partial charge in [0, 0.05) is 31.9 Å². The summed E-state index contributed by atoms with van der Waals surface area (Å²) in [6.45, 7) is 4.73. The van der Waals surface area contributed by atoms with Gasteiger partial charge in [-0.2, -0.15) is 0 Å². The molecule has 1 N–H and O–H groups in total. The number of rotatable bonds is 6. The molecular formula is C20H25N3O4S. The van der Waals surface area contributed by atoms with Crippen LogP contribution in [-0.4, -0.2) is 43.6 Å². The second-order valence-electron chi connectivity index (χ2n) is 7.37. The highest BCUT2D eigenvalue weighted by Crippen LogP contribution is 2.33. The molecule has 28 heavy (non-hydrogen) atoms. The Bertz CT molecular complexity index is 967. The summed E-state index contributed by atoms with van der Waals surface area (Å²) in [6, 6.07) is 12.9. The molecule has 0 spiro atoms. The number of hydrogen-bond acceptors (Lipinski definition) is 6. The van der Waals surface area contributed by atoms with Gasteiger partial charge in [0.1, 0.15) is 10.6 Å². The van der Waals surface area contributed by atoms with Gasteiger partial charge in [-0.1, -0.05) is 35.9 Å². The molecule has 0 unspecified atom stereocenters. The minimum absolute atomic E-state index is 0.0715. The maximum Gasteiger partial charge on any atom is 0.310 e. The van der Waals surface area contributed by atoms with E-state index in [0.29, 0.717) is 0 Å². The van der Waals surface area contributed by atoms with Crippen LogP contribution in [0.4, 0.5) is 11.4 Å². The standard InChI is InChI=1S/C20H25N3O4S/c1-15-5-3-6-16(13-15)14-22-11-9-17(10-12-22)21-18-7-4-8-19(28(2,26)27)20(18)23(24)25/h3-8,13,17,21H,9-12,14H2,1-2H3. The minimum Gasteiger partial charge on any atom is -0.377 e. The second kappa shape index (κ2) is 8.28. The molecule has 0 aromatic heterocycles. The van der Waals surface area contributed by atoms with Gasteiger partial charge < -0.3 is 5.32 Å². The van der Waals surface area contributed by atoms with Crippen molar-refractivity contribution < 1.29 is 13.3 Å². The summed E-state index contributed by atoms with van der Waals surface area (Å²) in [7, 11) is -3.68. The number of para-hydroxylation sites is 1. The van der Waals surface area contributed by atoms with Crippen molar-refractivity contribution in [1.29, 1.82) is 0 Å². The van der Waals surface area contributed by atoms with Crippen LogP contribution in [0.15, 0.2) is 47.4 Å². The molecule has 0 bridgehead atoms. The molecule has 0 radical (unpaired) electrons. The molecular weight excluding hydrogens is 378 g/mol. The maximum absolute atomic E-state index is 11.9. The summed E-state index contributed by atoms with van der Waals surface area (Å²) in [5.41, 5.74) is 2.42. The lowest BCUT2D eigenvalue weighted by atomic mass is 10.0. The molecule has 0 atom stereocenters. The van der Waals surface area contributed by atoms with Crippen LogP contribution >= 0.6 is 0 Å². The van der Waals surface area contributed by atoms with Crippen LogP contribution < -0.4 is 5.32 Å². The maximum atomic E-state index is 11.9. The monoisotopic (exact) mass is 403 g/mol. The molecule has 3 rings (SSSR count). The molecule has 0 aliphatic carbocycles. The Kier molecular flexibility index (Phi) is 6.00. The summed E-state index contributed by atoms with van der Waals surface area (Å²) in [5.74, 6) is 0. The Balaban J connectivity index is 1.67. The first kappa shape index (κ1) is 20.3. The largest absolute Gasteiger partial charge is 0.377 e. The Morgan fingerprint density at radius 1 is 1.18 bits per heavy atom. The van der Waals surface area contributed by atoms with Gasteiger partial charge in [-0.25, -0.2) is 8.42 Å². The van der Waals surface area contributed by atoms with Gasteiger partial charge in [-0.05, 0) is 37.5 Å². The van der Waals surface area contributed by atoms with Crippen molar-refractivity contribution in [2.45, 2.75) is 37.2 Å². The zero-order chi connectivity index (χ0) is 20.3. The van der Waals surface area contributed by atoms with E-state index in [-0.39, 0.29) is 22.3 Å². The van der Waals surface area contributed by atoms with Crippen molar-refractivity contribution in [2.75, 3.05) is 24.7 Å². The van der Waals surface area contributed by atoms with Gasteiger partial charge in [-0.15, -0.1) is 0 Å². The first-order valence-electron chi connectivity index (χ1n) is 9.26. The number of nitrogens with zero attached hydrogens (tertiary/aromatic N) is 2. The third kappa shape index (κ3) is 4.88. The van der Waals surface area contributed by atoms with Gasteiger partial charge >= 0.3 is 5.69 Å². The van der Waals surface area contributed by atoms with E-state index in [9.17, 15) is 18.5 Å². The zero-order valence-electron chi connectivity index (χ0n) is 16.1. The van der Waals surface area contributed by atoms with E-state index in [4.69, 9.17) is 0 Å². The number of anilines is 1. The van der Waals surface area contributed by atoms with Gasteiger partial charge in [0.25, 0.3) is 0 Å². The zero-order valence-corrected chi connectivity index (χ0v) is 16.9. The lowest BCUT2D eigenvalue weighted by molar-refractivity contribution is -0.386. The number of benzene rings is 2.